The molecule has 1 fully saturated rings. The first kappa shape index (κ1) is 27.3. The van der Waals surface area contributed by atoms with E-state index in [1.807, 2.05) is 17.9 Å². The minimum atomic E-state index is -4.48. The molecular formula is C28H27F4N7O. The van der Waals surface area contributed by atoms with Gasteiger partial charge in [0, 0.05) is 38.6 Å². The predicted octanol–water partition coefficient (Wildman–Crippen LogP) is 5.71. The van der Waals surface area contributed by atoms with Crippen molar-refractivity contribution in [3.8, 4) is 22.9 Å². The summed E-state index contributed by atoms with van der Waals surface area (Å²) in [6.45, 7) is 3.91. The monoisotopic (exact) mass is 553 g/mol. The number of nitrogens with one attached hydrogen (secondary N) is 1. The SMILES string of the molecule is Cc1ccc(-c2ccc(Nc3cc(N(C)C)cc(C(F)(F)F)c3)cn2)nc1-c1ncc(F)c(N2CCOCC2)n1. The molecule has 40 heavy (non-hydrogen) atoms. The molecule has 1 N–H and O–H groups in total. The van der Waals surface area contributed by atoms with Gasteiger partial charge in [-0.15, -0.1) is 0 Å². The molecule has 0 bridgehead atoms. The number of pyridine rings is 2. The number of morpholine rings is 1. The van der Waals surface area contributed by atoms with Crippen LogP contribution < -0.4 is 15.1 Å². The van der Waals surface area contributed by atoms with Gasteiger partial charge in [0.15, 0.2) is 17.5 Å². The molecule has 4 heterocycles. The number of anilines is 4. The van der Waals surface area contributed by atoms with Crippen LogP contribution in [-0.4, -0.2) is 60.3 Å². The third kappa shape index (κ3) is 5.96. The lowest BCUT2D eigenvalue weighted by Crippen LogP contribution is -2.37. The molecule has 0 aliphatic carbocycles. The fraction of sp³-hybridized carbons (Fsp3) is 0.286. The summed E-state index contributed by atoms with van der Waals surface area (Å²) in [5, 5.41) is 3.00. The number of aryl methyl sites for hydroxylation is 1. The fourth-order valence-electron chi connectivity index (χ4n) is 4.26. The second-order valence-electron chi connectivity index (χ2n) is 9.54. The number of hydrogen-bond donors (Lipinski definition) is 1. The lowest BCUT2D eigenvalue weighted by atomic mass is 10.1. The molecule has 1 aromatic carbocycles. The summed E-state index contributed by atoms with van der Waals surface area (Å²) >= 11 is 0. The van der Waals surface area contributed by atoms with Crippen LogP contribution in [0.25, 0.3) is 22.9 Å². The Morgan fingerprint density at radius 2 is 1.65 bits per heavy atom. The van der Waals surface area contributed by atoms with Gasteiger partial charge in [-0.25, -0.2) is 19.3 Å². The fourth-order valence-corrected chi connectivity index (χ4v) is 4.26. The van der Waals surface area contributed by atoms with Crippen molar-refractivity contribution in [2.45, 2.75) is 13.1 Å². The molecule has 8 nitrogen and oxygen atoms in total. The molecule has 0 spiro atoms. The summed E-state index contributed by atoms with van der Waals surface area (Å²) in [6.07, 6.45) is -1.80. The van der Waals surface area contributed by atoms with Crippen molar-refractivity contribution >= 4 is 22.9 Å². The van der Waals surface area contributed by atoms with Crippen LogP contribution in [0.5, 0.6) is 0 Å². The molecule has 12 heteroatoms. The van der Waals surface area contributed by atoms with Crippen molar-refractivity contribution in [3.05, 3.63) is 71.8 Å². The van der Waals surface area contributed by atoms with Crippen molar-refractivity contribution in [1.82, 2.24) is 19.9 Å². The van der Waals surface area contributed by atoms with Crippen LogP contribution in [-0.2, 0) is 10.9 Å². The van der Waals surface area contributed by atoms with E-state index in [0.29, 0.717) is 60.6 Å². The number of benzene rings is 1. The summed E-state index contributed by atoms with van der Waals surface area (Å²) in [4.78, 5) is 21.3. The Bertz CT molecular complexity index is 1500. The van der Waals surface area contributed by atoms with E-state index in [4.69, 9.17) is 9.72 Å². The molecule has 0 radical (unpaired) electrons. The molecule has 0 saturated carbocycles. The van der Waals surface area contributed by atoms with E-state index < -0.39 is 17.6 Å². The maximum atomic E-state index is 14.5. The van der Waals surface area contributed by atoms with Gasteiger partial charge in [-0.3, -0.25) is 4.98 Å². The van der Waals surface area contributed by atoms with Crippen LogP contribution in [0.3, 0.4) is 0 Å². The largest absolute Gasteiger partial charge is 0.416 e. The normalized spacial score (nSPS) is 13.8. The van der Waals surface area contributed by atoms with Gasteiger partial charge in [-0.05, 0) is 48.9 Å². The third-order valence-electron chi connectivity index (χ3n) is 6.42. The summed E-state index contributed by atoms with van der Waals surface area (Å²) in [5.41, 5.74) is 2.85. The van der Waals surface area contributed by atoms with Gasteiger partial charge in [0.1, 0.15) is 5.69 Å². The Balaban J connectivity index is 1.40. The van der Waals surface area contributed by atoms with E-state index in [0.717, 1.165) is 23.9 Å². The molecule has 1 aliphatic heterocycles. The number of nitrogens with zero attached hydrogens (tertiary/aromatic N) is 6. The Morgan fingerprint density at radius 3 is 2.33 bits per heavy atom. The molecule has 1 saturated heterocycles. The number of aromatic nitrogens is 4. The van der Waals surface area contributed by atoms with Gasteiger partial charge >= 0.3 is 6.18 Å². The molecule has 0 atom stereocenters. The van der Waals surface area contributed by atoms with E-state index in [2.05, 4.69) is 20.3 Å². The molecule has 4 aromatic rings. The molecule has 0 amide bonds. The minimum absolute atomic E-state index is 0.209. The smallest absolute Gasteiger partial charge is 0.378 e. The summed E-state index contributed by atoms with van der Waals surface area (Å²) in [6, 6.07) is 10.9. The lowest BCUT2D eigenvalue weighted by Gasteiger charge is -2.28. The van der Waals surface area contributed by atoms with E-state index in [1.165, 1.54) is 6.20 Å². The van der Waals surface area contributed by atoms with Gasteiger partial charge in [-0.1, -0.05) is 6.07 Å². The topological polar surface area (TPSA) is 79.3 Å². The van der Waals surface area contributed by atoms with Gasteiger partial charge in [0.2, 0.25) is 0 Å². The molecule has 208 valence electrons. The molecule has 1 aliphatic rings. The highest BCUT2D eigenvalue weighted by molar-refractivity contribution is 5.69. The molecular weight excluding hydrogens is 526 g/mol. The van der Waals surface area contributed by atoms with Crippen molar-refractivity contribution < 1.29 is 22.3 Å². The molecule has 0 unspecified atom stereocenters. The Labute approximate surface area is 228 Å². The average molecular weight is 554 g/mol. The Hall–Kier alpha value is -4.32. The highest BCUT2D eigenvalue weighted by Gasteiger charge is 2.31. The van der Waals surface area contributed by atoms with E-state index in [1.54, 1.807) is 43.3 Å². The highest BCUT2D eigenvalue weighted by Crippen LogP contribution is 2.35. The van der Waals surface area contributed by atoms with Crippen molar-refractivity contribution in [3.63, 3.8) is 0 Å². The number of hydrogen-bond acceptors (Lipinski definition) is 8. The van der Waals surface area contributed by atoms with E-state index in [9.17, 15) is 17.6 Å². The van der Waals surface area contributed by atoms with Gasteiger partial charge in [0.05, 0.1) is 48.2 Å². The maximum absolute atomic E-state index is 14.5. The van der Waals surface area contributed by atoms with Crippen LogP contribution in [0.2, 0.25) is 0 Å². The van der Waals surface area contributed by atoms with Crippen molar-refractivity contribution in [2.24, 2.45) is 0 Å². The van der Waals surface area contributed by atoms with Gasteiger partial charge in [0.25, 0.3) is 0 Å². The first-order valence-electron chi connectivity index (χ1n) is 12.5. The number of halogens is 4. The lowest BCUT2D eigenvalue weighted by molar-refractivity contribution is -0.137. The highest BCUT2D eigenvalue weighted by atomic mass is 19.4. The zero-order chi connectivity index (χ0) is 28.4. The van der Waals surface area contributed by atoms with Gasteiger partial charge < -0.3 is 19.9 Å². The second-order valence-corrected chi connectivity index (χ2v) is 9.54. The third-order valence-corrected chi connectivity index (χ3v) is 6.42. The maximum Gasteiger partial charge on any atom is 0.416 e. The molecule has 3 aromatic heterocycles. The number of rotatable bonds is 6. The zero-order valence-electron chi connectivity index (χ0n) is 22.1. The zero-order valence-corrected chi connectivity index (χ0v) is 22.1. The minimum Gasteiger partial charge on any atom is -0.378 e. The average Bonchev–Trinajstić information content (AvgIpc) is 2.94. The van der Waals surface area contributed by atoms with E-state index in [-0.39, 0.29) is 11.5 Å². The Kier molecular flexibility index (Phi) is 7.53. The standard InChI is InChI=1S/C28H27F4N7O/c1-17-4-6-24(36-25(17)26-34-16-22(29)27(37-26)39-8-10-40-11-9-39)23-7-5-19(15-33-23)35-20-12-18(28(30,31)32)13-21(14-20)38(2)3/h4-7,12-16,35H,8-11H2,1-3H3. The first-order chi connectivity index (χ1) is 19.1. The summed E-state index contributed by atoms with van der Waals surface area (Å²) < 4.78 is 60.1. The van der Waals surface area contributed by atoms with Crippen molar-refractivity contribution in [1.29, 1.82) is 0 Å². The quantitative estimate of drug-likeness (QED) is 0.304. The second kappa shape index (κ2) is 11.0. The summed E-state index contributed by atoms with van der Waals surface area (Å²) in [7, 11) is 3.36. The Morgan fingerprint density at radius 1 is 0.900 bits per heavy atom. The number of alkyl halides is 3. The molecule has 5 rings (SSSR count). The predicted molar refractivity (Wildman–Crippen MR) is 145 cm³/mol. The van der Waals surface area contributed by atoms with Crippen LogP contribution in [0, 0.1) is 12.7 Å². The van der Waals surface area contributed by atoms with Crippen molar-refractivity contribution in [2.75, 3.05) is 55.5 Å². The summed E-state index contributed by atoms with van der Waals surface area (Å²) in [5.74, 6) is -0.00932. The van der Waals surface area contributed by atoms with Gasteiger partial charge in [-0.2, -0.15) is 13.2 Å². The van der Waals surface area contributed by atoms with Crippen LogP contribution in [0.1, 0.15) is 11.1 Å². The number of ether oxygens (including phenoxy) is 1. The van der Waals surface area contributed by atoms with Crippen LogP contribution in [0.4, 0.5) is 40.4 Å². The van der Waals surface area contributed by atoms with E-state index >= 15 is 0 Å². The first-order valence-corrected chi connectivity index (χ1v) is 12.5. The van der Waals surface area contributed by atoms with Crippen LogP contribution >= 0.6 is 0 Å². The van der Waals surface area contributed by atoms with Crippen LogP contribution in [0.15, 0.2) is 54.9 Å².